The maximum absolute atomic E-state index is 12.6. The van der Waals surface area contributed by atoms with Crippen LogP contribution in [0.2, 0.25) is 0 Å². The summed E-state index contributed by atoms with van der Waals surface area (Å²) >= 11 is 0. The molecule has 2 amide bonds. The molecule has 1 aromatic rings. The number of ether oxygens (including phenoxy) is 1. The Morgan fingerprint density at radius 1 is 1.17 bits per heavy atom. The molecule has 1 aromatic carbocycles. The number of benzene rings is 1. The molecule has 1 aliphatic carbocycles. The van der Waals surface area contributed by atoms with Crippen molar-refractivity contribution < 1.29 is 14.3 Å². The molecule has 0 spiro atoms. The van der Waals surface area contributed by atoms with Gasteiger partial charge in [-0.15, -0.1) is 0 Å². The van der Waals surface area contributed by atoms with Gasteiger partial charge in [-0.2, -0.15) is 0 Å². The van der Waals surface area contributed by atoms with Gasteiger partial charge in [0.1, 0.15) is 6.61 Å². The summed E-state index contributed by atoms with van der Waals surface area (Å²) < 4.78 is 5.14. The Bertz CT molecular complexity index is 549. The fourth-order valence-electron chi connectivity index (χ4n) is 3.68. The van der Waals surface area contributed by atoms with Gasteiger partial charge in [0.25, 0.3) is 0 Å². The van der Waals surface area contributed by atoms with Gasteiger partial charge in [-0.1, -0.05) is 50.1 Å². The lowest BCUT2D eigenvalue weighted by Crippen LogP contribution is -2.41. The van der Waals surface area contributed by atoms with Gasteiger partial charge in [0.05, 0.1) is 6.04 Å². The molecular weight excluding hydrogens is 290 g/mol. The van der Waals surface area contributed by atoms with Gasteiger partial charge in [-0.3, -0.25) is 4.79 Å². The Morgan fingerprint density at radius 2 is 1.87 bits per heavy atom. The number of nitrogens with zero attached hydrogens (tertiary/aromatic N) is 1. The molecule has 4 heteroatoms. The first-order valence-electron chi connectivity index (χ1n) is 8.66. The quantitative estimate of drug-likeness (QED) is 0.849. The summed E-state index contributed by atoms with van der Waals surface area (Å²) in [6, 6.07) is 9.79. The van der Waals surface area contributed by atoms with Crippen LogP contribution in [0.25, 0.3) is 0 Å². The van der Waals surface area contributed by atoms with Crippen molar-refractivity contribution in [2.75, 3.05) is 6.61 Å². The van der Waals surface area contributed by atoms with Gasteiger partial charge in [0.2, 0.25) is 5.91 Å². The topological polar surface area (TPSA) is 46.6 Å². The molecule has 124 valence electrons. The molecule has 1 heterocycles. The van der Waals surface area contributed by atoms with E-state index < -0.39 is 6.09 Å². The lowest BCUT2D eigenvalue weighted by atomic mass is 9.81. The normalized spacial score (nSPS) is 27.8. The number of hydrogen-bond donors (Lipinski definition) is 0. The minimum Gasteiger partial charge on any atom is -0.447 e. The predicted octanol–water partition coefficient (Wildman–Crippen LogP) is 3.79. The summed E-state index contributed by atoms with van der Waals surface area (Å²) in [5.74, 6) is 1.13. The highest BCUT2D eigenvalue weighted by atomic mass is 16.6. The SMILES string of the molecule is CC1CCC(CC(=O)N2C(=O)OCC2Cc2ccccc2)CC1. The van der Waals surface area contributed by atoms with Crippen molar-refractivity contribution in [1.82, 2.24) is 4.90 Å². The average Bonchev–Trinajstić information content (AvgIpc) is 2.91. The largest absolute Gasteiger partial charge is 0.447 e. The van der Waals surface area contributed by atoms with E-state index >= 15 is 0 Å². The van der Waals surface area contributed by atoms with Crippen LogP contribution in [-0.2, 0) is 16.0 Å². The Balaban J connectivity index is 1.61. The number of rotatable bonds is 4. The maximum atomic E-state index is 12.6. The molecule has 0 N–H and O–H groups in total. The highest BCUT2D eigenvalue weighted by Crippen LogP contribution is 2.31. The van der Waals surface area contributed by atoms with E-state index in [0.29, 0.717) is 25.4 Å². The van der Waals surface area contributed by atoms with Crippen molar-refractivity contribution in [2.45, 2.75) is 51.5 Å². The molecule has 4 nitrogen and oxygen atoms in total. The standard InChI is InChI=1S/C19H25NO3/c1-14-7-9-16(10-8-14)12-18(21)20-17(13-23-19(20)22)11-15-5-3-2-4-6-15/h2-6,14,16-17H,7-13H2,1H3. The number of imide groups is 1. The first-order chi connectivity index (χ1) is 11.1. The average molecular weight is 315 g/mol. The van der Waals surface area contributed by atoms with Gasteiger partial charge in [0.15, 0.2) is 0 Å². The minimum absolute atomic E-state index is 0.0621. The smallest absolute Gasteiger partial charge is 0.416 e. The van der Waals surface area contributed by atoms with Crippen LogP contribution in [0, 0.1) is 11.8 Å². The first kappa shape index (κ1) is 16.0. The number of cyclic esters (lactones) is 1. The van der Waals surface area contributed by atoms with E-state index in [9.17, 15) is 9.59 Å². The summed E-state index contributed by atoms with van der Waals surface area (Å²) in [5, 5.41) is 0. The third kappa shape index (κ3) is 3.92. The van der Waals surface area contributed by atoms with Gasteiger partial charge in [-0.25, -0.2) is 9.69 Å². The number of carbonyl (C=O) groups excluding carboxylic acids is 2. The summed E-state index contributed by atoms with van der Waals surface area (Å²) in [7, 11) is 0. The zero-order valence-corrected chi connectivity index (χ0v) is 13.7. The Hall–Kier alpha value is -1.84. The summed E-state index contributed by atoms with van der Waals surface area (Å²) in [4.78, 5) is 26.0. The molecule has 0 bridgehead atoms. The van der Waals surface area contributed by atoms with E-state index in [4.69, 9.17) is 4.74 Å². The zero-order chi connectivity index (χ0) is 16.2. The van der Waals surface area contributed by atoms with Crippen molar-refractivity contribution in [3.8, 4) is 0 Å². The highest BCUT2D eigenvalue weighted by molar-refractivity contribution is 5.93. The van der Waals surface area contributed by atoms with E-state index in [1.54, 1.807) is 0 Å². The molecule has 1 aliphatic heterocycles. The third-order valence-corrected chi connectivity index (χ3v) is 5.14. The maximum Gasteiger partial charge on any atom is 0.416 e. The second kappa shape index (κ2) is 7.16. The molecule has 3 rings (SSSR count). The van der Waals surface area contributed by atoms with Gasteiger partial charge < -0.3 is 4.74 Å². The minimum atomic E-state index is -0.472. The predicted molar refractivity (Wildman–Crippen MR) is 87.9 cm³/mol. The van der Waals surface area contributed by atoms with E-state index in [-0.39, 0.29) is 11.9 Å². The van der Waals surface area contributed by atoms with Crippen molar-refractivity contribution in [3.63, 3.8) is 0 Å². The second-order valence-electron chi connectivity index (χ2n) is 7.01. The summed E-state index contributed by atoms with van der Waals surface area (Å²) in [5.41, 5.74) is 1.13. The monoisotopic (exact) mass is 315 g/mol. The summed E-state index contributed by atoms with van der Waals surface area (Å²) in [6.45, 7) is 2.58. The van der Waals surface area contributed by atoms with E-state index in [1.165, 1.54) is 17.7 Å². The van der Waals surface area contributed by atoms with Gasteiger partial charge >= 0.3 is 6.09 Å². The first-order valence-corrected chi connectivity index (χ1v) is 8.66. The number of hydrogen-bond acceptors (Lipinski definition) is 3. The van der Waals surface area contributed by atoms with Crippen molar-refractivity contribution in [3.05, 3.63) is 35.9 Å². The Labute approximate surface area is 137 Å². The van der Waals surface area contributed by atoms with Crippen LogP contribution in [-0.4, -0.2) is 29.5 Å². The molecule has 1 unspecified atom stereocenters. The Morgan fingerprint density at radius 3 is 2.57 bits per heavy atom. The fourth-order valence-corrected chi connectivity index (χ4v) is 3.68. The molecule has 0 radical (unpaired) electrons. The zero-order valence-electron chi connectivity index (χ0n) is 13.7. The molecule has 23 heavy (non-hydrogen) atoms. The molecule has 0 aromatic heterocycles. The van der Waals surface area contributed by atoms with Crippen molar-refractivity contribution in [1.29, 1.82) is 0 Å². The lowest BCUT2D eigenvalue weighted by molar-refractivity contribution is -0.130. The molecule has 1 saturated heterocycles. The van der Waals surface area contributed by atoms with Crippen LogP contribution in [0.4, 0.5) is 4.79 Å². The lowest BCUT2D eigenvalue weighted by Gasteiger charge is -2.27. The molecular formula is C19H25NO3. The number of carbonyl (C=O) groups is 2. The van der Waals surface area contributed by atoms with Crippen molar-refractivity contribution in [2.24, 2.45) is 11.8 Å². The molecule has 2 fully saturated rings. The number of amides is 2. The highest BCUT2D eigenvalue weighted by Gasteiger charge is 2.38. The third-order valence-electron chi connectivity index (χ3n) is 5.14. The van der Waals surface area contributed by atoms with E-state index in [1.807, 2.05) is 30.3 Å². The van der Waals surface area contributed by atoms with Gasteiger partial charge in [0, 0.05) is 6.42 Å². The Kier molecular flexibility index (Phi) is 4.99. The molecule has 2 aliphatic rings. The van der Waals surface area contributed by atoms with Gasteiger partial charge in [-0.05, 0) is 36.7 Å². The van der Waals surface area contributed by atoms with Crippen molar-refractivity contribution >= 4 is 12.0 Å². The molecule has 1 atom stereocenters. The van der Waals surface area contributed by atoms with E-state index in [0.717, 1.165) is 24.3 Å². The van der Waals surface area contributed by atoms with E-state index in [2.05, 4.69) is 6.92 Å². The van der Waals surface area contributed by atoms with Crippen LogP contribution >= 0.6 is 0 Å². The van der Waals surface area contributed by atoms with Crippen LogP contribution < -0.4 is 0 Å². The second-order valence-corrected chi connectivity index (χ2v) is 7.01. The van der Waals surface area contributed by atoms with Crippen LogP contribution in [0.3, 0.4) is 0 Å². The van der Waals surface area contributed by atoms with Crippen LogP contribution in [0.15, 0.2) is 30.3 Å². The van der Waals surface area contributed by atoms with Crippen LogP contribution in [0.1, 0.15) is 44.6 Å². The summed E-state index contributed by atoms with van der Waals surface area (Å²) in [6.07, 6.45) is 5.25. The van der Waals surface area contributed by atoms with Crippen LogP contribution in [0.5, 0.6) is 0 Å². The molecule has 1 saturated carbocycles. The fraction of sp³-hybridized carbons (Fsp3) is 0.579.